The molecule has 1 aromatic carbocycles. The van der Waals surface area contributed by atoms with Crippen molar-refractivity contribution in [2.24, 2.45) is 0 Å². The van der Waals surface area contributed by atoms with Gasteiger partial charge in [-0.2, -0.15) is 0 Å². The van der Waals surface area contributed by atoms with Gasteiger partial charge >= 0.3 is 6.03 Å². The summed E-state index contributed by atoms with van der Waals surface area (Å²) in [4.78, 5) is 12.8. The summed E-state index contributed by atoms with van der Waals surface area (Å²) in [6, 6.07) is 7.77. The standard InChI is InChI=1S/C11H16N2O.C2H6.H2/c1-4-9-5-7-10(8-6-9)12-11(14)13(2)3;1-2;/h5-8H,4H2,1-3H3,(H,12,14);1-2H3;1H. The third-order valence-electron chi connectivity index (χ3n) is 2.02. The number of amides is 2. The summed E-state index contributed by atoms with van der Waals surface area (Å²) in [5.41, 5.74) is 2.11. The minimum atomic E-state index is -0.103. The van der Waals surface area contributed by atoms with Crippen LogP contribution in [0.3, 0.4) is 0 Å². The van der Waals surface area contributed by atoms with Crippen molar-refractivity contribution in [2.45, 2.75) is 27.2 Å². The number of nitrogens with one attached hydrogen (secondary N) is 1. The lowest BCUT2D eigenvalue weighted by molar-refractivity contribution is 0.230. The smallest absolute Gasteiger partial charge is 0.321 e. The molecular formula is C13H24N2O. The van der Waals surface area contributed by atoms with Crippen LogP contribution in [-0.2, 0) is 6.42 Å². The quantitative estimate of drug-likeness (QED) is 0.817. The summed E-state index contributed by atoms with van der Waals surface area (Å²) in [5.74, 6) is 0. The lowest BCUT2D eigenvalue weighted by Gasteiger charge is -2.11. The molecule has 16 heavy (non-hydrogen) atoms. The van der Waals surface area contributed by atoms with Crippen molar-refractivity contribution >= 4 is 11.7 Å². The number of benzene rings is 1. The fraction of sp³-hybridized carbons (Fsp3) is 0.462. The molecule has 1 aromatic rings. The largest absolute Gasteiger partial charge is 0.331 e. The van der Waals surface area contributed by atoms with Crippen LogP contribution in [0.4, 0.5) is 10.5 Å². The van der Waals surface area contributed by atoms with E-state index < -0.39 is 0 Å². The molecule has 0 aliphatic rings. The van der Waals surface area contributed by atoms with E-state index in [0.717, 1.165) is 12.1 Å². The predicted molar refractivity (Wildman–Crippen MR) is 72.0 cm³/mol. The van der Waals surface area contributed by atoms with Crippen LogP contribution in [0.2, 0.25) is 0 Å². The maximum Gasteiger partial charge on any atom is 0.321 e. The van der Waals surface area contributed by atoms with Gasteiger partial charge in [-0.1, -0.05) is 32.9 Å². The second kappa shape index (κ2) is 7.74. The van der Waals surface area contributed by atoms with Crippen LogP contribution >= 0.6 is 0 Å². The lowest BCUT2D eigenvalue weighted by Crippen LogP contribution is -2.27. The van der Waals surface area contributed by atoms with E-state index in [2.05, 4.69) is 12.2 Å². The predicted octanol–water partition coefficient (Wildman–Crippen LogP) is 3.61. The third kappa shape index (κ3) is 4.82. The average Bonchev–Trinajstić information content (AvgIpc) is 2.32. The van der Waals surface area contributed by atoms with E-state index in [1.165, 1.54) is 10.5 Å². The van der Waals surface area contributed by atoms with Crippen LogP contribution < -0.4 is 5.32 Å². The molecule has 0 aromatic heterocycles. The topological polar surface area (TPSA) is 32.3 Å². The van der Waals surface area contributed by atoms with E-state index in [-0.39, 0.29) is 7.46 Å². The van der Waals surface area contributed by atoms with Crippen LogP contribution in [0.1, 0.15) is 27.8 Å². The molecule has 0 aliphatic heterocycles. The molecule has 0 saturated heterocycles. The first-order valence-electron chi connectivity index (χ1n) is 5.70. The van der Waals surface area contributed by atoms with Crippen LogP contribution in [0.25, 0.3) is 0 Å². The molecular weight excluding hydrogens is 200 g/mol. The van der Waals surface area contributed by atoms with Gasteiger partial charge in [-0.3, -0.25) is 0 Å². The van der Waals surface area contributed by atoms with Gasteiger partial charge in [0.2, 0.25) is 0 Å². The monoisotopic (exact) mass is 224 g/mol. The van der Waals surface area contributed by atoms with Gasteiger partial charge in [0, 0.05) is 21.2 Å². The molecule has 0 spiro atoms. The Hall–Kier alpha value is -1.51. The van der Waals surface area contributed by atoms with Crippen molar-refractivity contribution in [3.63, 3.8) is 0 Å². The molecule has 2 amide bonds. The molecule has 92 valence electrons. The van der Waals surface area contributed by atoms with Crippen molar-refractivity contribution in [1.82, 2.24) is 4.90 Å². The van der Waals surface area contributed by atoms with Gasteiger partial charge in [0.05, 0.1) is 0 Å². The highest BCUT2D eigenvalue weighted by Crippen LogP contribution is 2.10. The minimum Gasteiger partial charge on any atom is -0.331 e. The molecule has 0 heterocycles. The SMILES string of the molecule is CC.CCc1ccc(NC(=O)N(C)C)cc1.[HH]. The highest BCUT2D eigenvalue weighted by atomic mass is 16.2. The Balaban J connectivity index is 0. The first kappa shape index (κ1) is 14.5. The Morgan fingerprint density at radius 3 is 2.12 bits per heavy atom. The first-order chi connectivity index (χ1) is 7.63. The number of anilines is 1. The van der Waals surface area contributed by atoms with E-state index in [4.69, 9.17) is 0 Å². The molecule has 0 bridgehead atoms. The van der Waals surface area contributed by atoms with Gasteiger partial charge in [-0.05, 0) is 24.1 Å². The van der Waals surface area contributed by atoms with Crippen molar-refractivity contribution in [2.75, 3.05) is 19.4 Å². The van der Waals surface area contributed by atoms with Crippen molar-refractivity contribution in [3.8, 4) is 0 Å². The zero-order valence-corrected chi connectivity index (χ0v) is 10.9. The Labute approximate surface area is 99.9 Å². The number of nitrogens with zero attached hydrogens (tertiary/aromatic N) is 1. The maximum absolute atomic E-state index is 11.3. The van der Waals surface area contributed by atoms with E-state index in [1.807, 2.05) is 38.1 Å². The summed E-state index contributed by atoms with van der Waals surface area (Å²) in [5, 5.41) is 2.78. The second-order valence-corrected chi connectivity index (χ2v) is 3.38. The number of carbonyl (C=O) groups excluding carboxylic acids is 1. The molecule has 0 aliphatic carbocycles. The molecule has 0 unspecified atom stereocenters. The summed E-state index contributed by atoms with van der Waals surface area (Å²) < 4.78 is 0. The number of rotatable bonds is 2. The maximum atomic E-state index is 11.3. The molecule has 0 atom stereocenters. The number of hydrogen-bond donors (Lipinski definition) is 1. The van der Waals surface area contributed by atoms with E-state index >= 15 is 0 Å². The van der Waals surface area contributed by atoms with Crippen LogP contribution in [0, 0.1) is 0 Å². The summed E-state index contributed by atoms with van der Waals surface area (Å²) in [7, 11) is 3.44. The second-order valence-electron chi connectivity index (χ2n) is 3.38. The van der Waals surface area contributed by atoms with Gasteiger partial charge in [0.25, 0.3) is 0 Å². The van der Waals surface area contributed by atoms with Gasteiger partial charge in [0.15, 0.2) is 0 Å². The molecule has 3 heteroatoms. The number of urea groups is 1. The highest BCUT2D eigenvalue weighted by Gasteiger charge is 2.02. The van der Waals surface area contributed by atoms with Gasteiger partial charge < -0.3 is 10.2 Å². The zero-order valence-electron chi connectivity index (χ0n) is 10.9. The lowest BCUT2D eigenvalue weighted by atomic mass is 10.1. The minimum absolute atomic E-state index is 0. The van der Waals surface area contributed by atoms with E-state index in [9.17, 15) is 4.79 Å². The van der Waals surface area contributed by atoms with E-state index in [0.29, 0.717) is 0 Å². The highest BCUT2D eigenvalue weighted by molar-refractivity contribution is 5.88. The molecule has 0 radical (unpaired) electrons. The fourth-order valence-corrected chi connectivity index (χ4v) is 1.06. The van der Waals surface area contributed by atoms with Crippen LogP contribution in [0.5, 0.6) is 0 Å². The van der Waals surface area contributed by atoms with Gasteiger partial charge in [-0.15, -0.1) is 0 Å². The Bertz CT molecular complexity index is 310. The van der Waals surface area contributed by atoms with Gasteiger partial charge in [-0.25, -0.2) is 4.79 Å². The van der Waals surface area contributed by atoms with Crippen molar-refractivity contribution in [3.05, 3.63) is 29.8 Å². The molecule has 0 fully saturated rings. The third-order valence-corrected chi connectivity index (χ3v) is 2.02. The summed E-state index contributed by atoms with van der Waals surface area (Å²) in [6.45, 7) is 6.10. The average molecular weight is 224 g/mol. The molecule has 3 nitrogen and oxygen atoms in total. The Morgan fingerprint density at radius 1 is 1.25 bits per heavy atom. The number of hydrogen-bond acceptors (Lipinski definition) is 1. The Kier molecular flexibility index (Phi) is 7.01. The number of carbonyl (C=O) groups is 1. The Morgan fingerprint density at radius 2 is 1.75 bits per heavy atom. The molecule has 0 saturated carbocycles. The molecule has 1 rings (SSSR count). The van der Waals surface area contributed by atoms with Gasteiger partial charge in [0.1, 0.15) is 0 Å². The van der Waals surface area contributed by atoms with Crippen molar-refractivity contribution < 1.29 is 6.22 Å². The zero-order chi connectivity index (χ0) is 12.6. The molecule has 1 N–H and O–H groups in total. The fourth-order valence-electron chi connectivity index (χ4n) is 1.06. The normalized spacial score (nSPS) is 8.81. The summed E-state index contributed by atoms with van der Waals surface area (Å²) >= 11 is 0. The van der Waals surface area contributed by atoms with E-state index in [1.54, 1.807) is 14.1 Å². The summed E-state index contributed by atoms with van der Waals surface area (Å²) in [6.07, 6.45) is 1.02. The first-order valence-corrected chi connectivity index (χ1v) is 5.70. The number of aryl methyl sites for hydroxylation is 1. The van der Waals surface area contributed by atoms with Crippen LogP contribution in [0.15, 0.2) is 24.3 Å². The van der Waals surface area contributed by atoms with Crippen molar-refractivity contribution in [1.29, 1.82) is 0 Å². The van der Waals surface area contributed by atoms with Crippen LogP contribution in [-0.4, -0.2) is 25.0 Å².